The predicted molar refractivity (Wildman–Crippen MR) is 76.4 cm³/mol. The number of hydrogen-bond donors (Lipinski definition) is 1. The Balaban J connectivity index is 2.77. The maximum atomic E-state index is 12.4. The lowest BCUT2D eigenvalue weighted by Gasteiger charge is -2.27. The van der Waals surface area contributed by atoms with Crippen molar-refractivity contribution in [3.05, 3.63) is 29.8 Å². The van der Waals surface area contributed by atoms with Crippen LogP contribution in [0.25, 0.3) is 0 Å². The molecule has 0 heterocycles. The lowest BCUT2D eigenvalue weighted by atomic mass is 9.98. The van der Waals surface area contributed by atoms with Gasteiger partial charge in [0.25, 0.3) is 0 Å². The standard InChI is InChI=1S/C15H24N2O/c1-5-7-11(2)17(4)15(18)12(3)13-8-6-9-14(16)10-13/h6,8-12H,5,7,16H2,1-4H3. The number of nitrogens with two attached hydrogens (primary N) is 1. The first-order valence-corrected chi connectivity index (χ1v) is 6.59. The van der Waals surface area contributed by atoms with E-state index in [1.807, 2.05) is 43.1 Å². The Morgan fingerprint density at radius 2 is 2.06 bits per heavy atom. The lowest BCUT2D eigenvalue weighted by Crippen LogP contribution is -2.37. The third kappa shape index (κ3) is 3.49. The van der Waals surface area contributed by atoms with Crippen molar-refractivity contribution >= 4 is 11.6 Å². The highest BCUT2D eigenvalue weighted by Crippen LogP contribution is 2.21. The summed E-state index contributed by atoms with van der Waals surface area (Å²) in [5.74, 6) is 0.0133. The summed E-state index contributed by atoms with van der Waals surface area (Å²) in [7, 11) is 1.88. The molecule has 2 N–H and O–H groups in total. The van der Waals surface area contributed by atoms with Crippen molar-refractivity contribution in [2.75, 3.05) is 12.8 Å². The van der Waals surface area contributed by atoms with Gasteiger partial charge in [-0.25, -0.2) is 0 Å². The molecule has 1 rings (SSSR count). The predicted octanol–water partition coefficient (Wildman–Crippen LogP) is 3.02. The second-order valence-electron chi connectivity index (χ2n) is 4.98. The van der Waals surface area contributed by atoms with Crippen molar-refractivity contribution in [3.8, 4) is 0 Å². The van der Waals surface area contributed by atoms with Crippen LogP contribution < -0.4 is 5.73 Å². The highest BCUT2D eigenvalue weighted by atomic mass is 16.2. The van der Waals surface area contributed by atoms with Gasteiger partial charge in [0.2, 0.25) is 5.91 Å². The maximum Gasteiger partial charge on any atom is 0.229 e. The molecular weight excluding hydrogens is 224 g/mol. The summed E-state index contributed by atoms with van der Waals surface area (Å²) in [4.78, 5) is 14.2. The van der Waals surface area contributed by atoms with Crippen molar-refractivity contribution in [1.82, 2.24) is 4.90 Å². The Labute approximate surface area is 110 Å². The molecule has 3 heteroatoms. The molecule has 0 bridgehead atoms. The number of anilines is 1. The van der Waals surface area contributed by atoms with Crippen LogP contribution in [0.2, 0.25) is 0 Å². The van der Waals surface area contributed by atoms with E-state index in [0.29, 0.717) is 5.69 Å². The van der Waals surface area contributed by atoms with Gasteiger partial charge in [0.1, 0.15) is 0 Å². The molecule has 0 aromatic heterocycles. The highest BCUT2D eigenvalue weighted by Gasteiger charge is 2.22. The molecule has 2 unspecified atom stereocenters. The van der Waals surface area contributed by atoms with Gasteiger partial charge in [-0.1, -0.05) is 25.5 Å². The zero-order valence-corrected chi connectivity index (χ0v) is 11.8. The Bertz CT molecular complexity index is 403. The molecule has 0 aliphatic carbocycles. The summed E-state index contributed by atoms with van der Waals surface area (Å²) in [5.41, 5.74) is 7.44. The van der Waals surface area contributed by atoms with E-state index in [4.69, 9.17) is 5.73 Å². The van der Waals surface area contributed by atoms with Crippen LogP contribution in [0.3, 0.4) is 0 Å². The van der Waals surface area contributed by atoms with Crippen LogP contribution in [-0.2, 0) is 4.79 Å². The van der Waals surface area contributed by atoms with Crippen LogP contribution in [-0.4, -0.2) is 23.9 Å². The quantitative estimate of drug-likeness (QED) is 0.814. The molecule has 1 aromatic rings. The van der Waals surface area contributed by atoms with E-state index in [0.717, 1.165) is 18.4 Å². The number of nitrogens with zero attached hydrogens (tertiary/aromatic N) is 1. The van der Waals surface area contributed by atoms with Crippen molar-refractivity contribution < 1.29 is 4.79 Å². The molecule has 3 nitrogen and oxygen atoms in total. The molecule has 1 amide bonds. The summed E-state index contributed by atoms with van der Waals surface area (Å²) in [6, 6.07) is 7.85. The monoisotopic (exact) mass is 248 g/mol. The molecule has 0 saturated carbocycles. The van der Waals surface area contributed by atoms with E-state index in [2.05, 4.69) is 13.8 Å². The van der Waals surface area contributed by atoms with Gasteiger partial charge in [-0.3, -0.25) is 4.79 Å². The molecule has 2 atom stereocenters. The maximum absolute atomic E-state index is 12.4. The molecule has 18 heavy (non-hydrogen) atoms. The van der Waals surface area contributed by atoms with Gasteiger partial charge in [0, 0.05) is 18.8 Å². The van der Waals surface area contributed by atoms with E-state index in [1.165, 1.54) is 0 Å². The lowest BCUT2D eigenvalue weighted by molar-refractivity contribution is -0.133. The molecule has 0 fully saturated rings. The third-order valence-corrected chi connectivity index (χ3v) is 3.50. The van der Waals surface area contributed by atoms with Crippen molar-refractivity contribution in [2.24, 2.45) is 0 Å². The fourth-order valence-electron chi connectivity index (χ4n) is 2.11. The average molecular weight is 248 g/mol. The molecule has 100 valence electrons. The van der Waals surface area contributed by atoms with Gasteiger partial charge < -0.3 is 10.6 Å². The van der Waals surface area contributed by atoms with Crippen molar-refractivity contribution in [1.29, 1.82) is 0 Å². The van der Waals surface area contributed by atoms with Gasteiger partial charge in [-0.05, 0) is 38.0 Å². The third-order valence-electron chi connectivity index (χ3n) is 3.50. The van der Waals surface area contributed by atoms with Crippen LogP contribution in [0.15, 0.2) is 24.3 Å². The Morgan fingerprint density at radius 3 is 2.61 bits per heavy atom. The zero-order valence-electron chi connectivity index (χ0n) is 11.8. The van der Waals surface area contributed by atoms with Gasteiger partial charge in [0.15, 0.2) is 0 Å². The van der Waals surface area contributed by atoms with Crippen LogP contribution in [0, 0.1) is 0 Å². The summed E-state index contributed by atoms with van der Waals surface area (Å²) in [6.07, 6.45) is 2.12. The number of benzene rings is 1. The first kappa shape index (κ1) is 14.6. The van der Waals surface area contributed by atoms with E-state index in [1.54, 1.807) is 0 Å². The Hall–Kier alpha value is -1.51. The largest absolute Gasteiger partial charge is 0.399 e. The molecule has 0 aliphatic rings. The number of amides is 1. The van der Waals surface area contributed by atoms with Gasteiger partial charge >= 0.3 is 0 Å². The van der Waals surface area contributed by atoms with E-state index < -0.39 is 0 Å². The summed E-state index contributed by atoms with van der Waals surface area (Å²) in [5, 5.41) is 0. The SMILES string of the molecule is CCCC(C)N(C)C(=O)C(C)c1cccc(N)c1. The number of hydrogen-bond acceptors (Lipinski definition) is 2. The highest BCUT2D eigenvalue weighted by molar-refractivity contribution is 5.83. The molecule has 0 spiro atoms. The minimum absolute atomic E-state index is 0.141. The second-order valence-corrected chi connectivity index (χ2v) is 4.98. The Kier molecular flexibility index (Phi) is 5.20. The normalized spacial score (nSPS) is 14.0. The molecule has 0 radical (unpaired) electrons. The number of nitrogen functional groups attached to an aromatic ring is 1. The number of likely N-dealkylation sites (N-methyl/N-ethyl adjacent to an activating group) is 1. The van der Waals surface area contributed by atoms with Crippen molar-refractivity contribution in [3.63, 3.8) is 0 Å². The minimum Gasteiger partial charge on any atom is -0.399 e. The van der Waals surface area contributed by atoms with Gasteiger partial charge in [-0.15, -0.1) is 0 Å². The second kappa shape index (κ2) is 6.43. The first-order valence-electron chi connectivity index (χ1n) is 6.59. The Morgan fingerprint density at radius 1 is 1.39 bits per heavy atom. The average Bonchev–Trinajstić information content (AvgIpc) is 2.36. The smallest absolute Gasteiger partial charge is 0.229 e. The number of carbonyl (C=O) groups is 1. The summed E-state index contributed by atoms with van der Waals surface area (Å²) in [6.45, 7) is 6.16. The molecule has 1 aromatic carbocycles. The van der Waals surface area contributed by atoms with E-state index in [-0.39, 0.29) is 17.9 Å². The zero-order chi connectivity index (χ0) is 13.7. The van der Waals surface area contributed by atoms with Gasteiger partial charge in [0.05, 0.1) is 5.92 Å². The van der Waals surface area contributed by atoms with Gasteiger partial charge in [-0.2, -0.15) is 0 Å². The van der Waals surface area contributed by atoms with Crippen LogP contribution in [0.5, 0.6) is 0 Å². The topological polar surface area (TPSA) is 46.3 Å². The van der Waals surface area contributed by atoms with Crippen LogP contribution in [0.1, 0.15) is 45.1 Å². The fraction of sp³-hybridized carbons (Fsp3) is 0.533. The number of rotatable bonds is 5. The molecular formula is C15H24N2O. The summed E-state index contributed by atoms with van der Waals surface area (Å²) >= 11 is 0. The fourth-order valence-corrected chi connectivity index (χ4v) is 2.11. The van der Waals surface area contributed by atoms with E-state index >= 15 is 0 Å². The molecule has 0 saturated heterocycles. The van der Waals surface area contributed by atoms with Crippen LogP contribution >= 0.6 is 0 Å². The van der Waals surface area contributed by atoms with E-state index in [9.17, 15) is 4.79 Å². The first-order chi connectivity index (χ1) is 8.47. The van der Waals surface area contributed by atoms with Crippen molar-refractivity contribution in [2.45, 2.75) is 45.6 Å². The minimum atomic E-state index is -0.141. The van der Waals surface area contributed by atoms with Crippen LogP contribution in [0.4, 0.5) is 5.69 Å². The number of carbonyl (C=O) groups excluding carboxylic acids is 1. The molecule has 0 aliphatic heterocycles. The summed E-state index contributed by atoms with van der Waals surface area (Å²) < 4.78 is 0.